The van der Waals surface area contributed by atoms with Crippen molar-refractivity contribution in [3.8, 4) is 0 Å². The first kappa shape index (κ1) is 11.8. The molecule has 0 spiro atoms. The molecule has 90 valence electrons. The molecule has 0 aliphatic rings. The van der Waals surface area contributed by atoms with Crippen LogP contribution >= 0.6 is 11.3 Å². The molecule has 0 saturated carbocycles. The lowest BCUT2D eigenvalue weighted by Crippen LogP contribution is -2.26. The summed E-state index contributed by atoms with van der Waals surface area (Å²) in [6.07, 6.45) is 0. The molecule has 1 heterocycles. The van der Waals surface area contributed by atoms with E-state index in [1.807, 2.05) is 0 Å². The predicted molar refractivity (Wildman–Crippen MR) is 68.2 cm³/mol. The average Bonchev–Trinajstić information content (AvgIpc) is 2.68. The number of ether oxygens (including phenoxy) is 1. The molecule has 0 atom stereocenters. The van der Waals surface area contributed by atoms with Gasteiger partial charge < -0.3 is 15.8 Å². The van der Waals surface area contributed by atoms with E-state index in [2.05, 4.69) is 10.3 Å². The zero-order chi connectivity index (χ0) is 12.3. The molecule has 0 saturated heterocycles. The topological polar surface area (TPSA) is 77.2 Å². The van der Waals surface area contributed by atoms with E-state index in [0.29, 0.717) is 23.8 Å². The molecule has 0 unspecified atom stereocenters. The third-order valence-electron chi connectivity index (χ3n) is 2.26. The Bertz CT molecular complexity index is 538. The van der Waals surface area contributed by atoms with Crippen LogP contribution in [0.25, 0.3) is 10.2 Å². The molecular weight excluding hydrogens is 238 g/mol. The smallest absolute Gasteiger partial charge is 0.251 e. The molecule has 2 rings (SSSR count). The van der Waals surface area contributed by atoms with Crippen molar-refractivity contribution in [2.45, 2.75) is 0 Å². The van der Waals surface area contributed by atoms with E-state index in [4.69, 9.17) is 10.5 Å². The Kier molecular flexibility index (Phi) is 3.55. The lowest BCUT2D eigenvalue weighted by molar-refractivity contribution is 0.0937. The van der Waals surface area contributed by atoms with Crippen molar-refractivity contribution in [2.75, 3.05) is 26.0 Å². The maximum atomic E-state index is 11.8. The van der Waals surface area contributed by atoms with E-state index in [9.17, 15) is 4.79 Å². The summed E-state index contributed by atoms with van der Waals surface area (Å²) >= 11 is 1.37. The molecule has 2 aromatic rings. The SMILES string of the molecule is COCCNC(=O)c1ccc2nc(N)sc2c1. The van der Waals surface area contributed by atoms with Gasteiger partial charge in [-0.3, -0.25) is 4.79 Å². The largest absolute Gasteiger partial charge is 0.383 e. The van der Waals surface area contributed by atoms with Gasteiger partial charge in [-0.05, 0) is 18.2 Å². The number of nitrogens with two attached hydrogens (primary N) is 1. The Hall–Kier alpha value is -1.66. The highest BCUT2D eigenvalue weighted by molar-refractivity contribution is 7.22. The Morgan fingerprint density at radius 2 is 2.41 bits per heavy atom. The molecule has 6 heteroatoms. The summed E-state index contributed by atoms with van der Waals surface area (Å²) in [4.78, 5) is 15.9. The second kappa shape index (κ2) is 5.11. The Balaban J connectivity index is 2.15. The number of carbonyl (C=O) groups is 1. The van der Waals surface area contributed by atoms with Crippen LogP contribution in [0.5, 0.6) is 0 Å². The molecule has 5 nitrogen and oxygen atoms in total. The van der Waals surface area contributed by atoms with Gasteiger partial charge in [0.1, 0.15) is 0 Å². The number of methoxy groups -OCH3 is 1. The number of fused-ring (bicyclic) bond motifs is 1. The molecule has 17 heavy (non-hydrogen) atoms. The first-order valence-corrected chi connectivity index (χ1v) is 5.95. The standard InChI is InChI=1S/C11H13N3O2S/c1-16-5-4-13-10(15)7-2-3-8-9(6-7)17-11(12)14-8/h2-3,6H,4-5H2,1H3,(H2,12,14)(H,13,15). The third kappa shape index (κ3) is 2.72. The van der Waals surface area contributed by atoms with Crippen molar-refractivity contribution in [1.82, 2.24) is 10.3 Å². The first-order valence-electron chi connectivity index (χ1n) is 5.14. The lowest BCUT2D eigenvalue weighted by Gasteiger charge is -2.03. The molecule has 0 fully saturated rings. The van der Waals surface area contributed by atoms with Crippen LogP contribution in [0.3, 0.4) is 0 Å². The lowest BCUT2D eigenvalue weighted by atomic mass is 10.2. The average molecular weight is 251 g/mol. The van der Waals surface area contributed by atoms with Gasteiger partial charge >= 0.3 is 0 Å². The number of hydrogen-bond acceptors (Lipinski definition) is 5. The summed E-state index contributed by atoms with van der Waals surface area (Å²) in [6, 6.07) is 5.34. The van der Waals surface area contributed by atoms with Gasteiger partial charge in [0, 0.05) is 19.2 Å². The summed E-state index contributed by atoms with van der Waals surface area (Å²) in [5, 5.41) is 3.27. The number of benzene rings is 1. The third-order valence-corrected chi connectivity index (χ3v) is 3.11. The molecule has 1 aromatic heterocycles. The molecule has 0 aliphatic heterocycles. The fraction of sp³-hybridized carbons (Fsp3) is 0.273. The van der Waals surface area contributed by atoms with Crippen LogP contribution in [0.15, 0.2) is 18.2 Å². The van der Waals surface area contributed by atoms with Gasteiger partial charge in [-0.25, -0.2) is 4.98 Å². The minimum Gasteiger partial charge on any atom is -0.383 e. The van der Waals surface area contributed by atoms with Crippen LogP contribution in [-0.2, 0) is 4.74 Å². The number of rotatable bonds is 4. The minimum absolute atomic E-state index is 0.115. The van der Waals surface area contributed by atoms with E-state index in [1.165, 1.54) is 11.3 Å². The minimum atomic E-state index is -0.115. The van der Waals surface area contributed by atoms with Crippen LogP contribution in [0, 0.1) is 0 Å². The highest BCUT2D eigenvalue weighted by atomic mass is 32.1. The van der Waals surface area contributed by atoms with Crippen molar-refractivity contribution in [3.05, 3.63) is 23.8 Å². The van der Waals surface area contributed by atoms with Crippen LogP contribution < -0.4 is 11.1 Å². The van der Waals surface area contributed by atoms with Crippen LogP contribution in [-0.4, -0.2) is 31.2 Å². The van der Waals surface area contributed by atoms with Crippen LogP contribution in [0.2, 0.25) is 0 Å². The zero-order valence-corrected chi connectivity index (χ0v) is 10.2. The van der Waals surface area contributed by atoms with Crippen LogP contribution in [0.4, 0.5) is 5.13 Å². The molecule has 0 bridgehead atoms. The summed E-state index contributed by atoms with van der Waals surface area (Å²) in [5.74, 6) is -0.115. The molecule has 0 aliphatic carbocycles. The summed E-state index contributed by atoms with van der Waals surface area (Å²) < 4.78 is 5.78. The number of nitrogen functional groups attached to an aromatic ring is 1. The zero-order valence-electron chi connectivity index (χ0n) is 9.40. The van der Waals surface area contributed by atoms with Crippen molar-refractivity contribution >= 4 is 32.6 Å². The van der Waals surface area contributed by atoms with Gasteiger partial charge in [0.2, 0.25) is 0 Å². The molecular formula is C11H13N3O2S. The maximum Gasteiger partial charge on any atom is 0.251 e. The number of nitrogens with one attached hydrogen (secondary N) is 1. The van der Waals surface area contributed by atoms with E-state index >= 15 is 0 Å². The number of amides is 1. The molecule has 1 aromatic carbocycles. The Labute approximate surface area is 103 Å². The van der Waals surface area contributed by atoms with Crippen LogP contribution in [0.1, 0.15) is 10.4 Å². The molecule has 3 N–H and O–H groups in total. The summed E-state index contributed by atoms with van der Waals surface area (Å²) in [5.41, 5.74) is 7.03. The number of hydrogen-bond donors (Lipinski definition) is 2. The fourth-order valence-electron chi connectivity index (χ4n) is 1.45. The highest BCUT2D eigenvalue weighted by Gasteiger charge is 2.07. The van der Waals surface area contributed by atoms with Gasteiger partial charge in [0.15, 0.2) is 5.13 Å². The Morgan fingerprint density at radius 3 is 3.18 bits per heavy atom. The maximum absolute atomic E-state index is 11.8. The van der Waals surface area contributed by atoms with Crippen molar-refractivity contribution in [2.24, 2.45) is 0 Å². The van der Waals surface area contributed by atoms with Gasteiger partial charge in [-0.15, -0.1) is 0 Å². The molecule has 1 amide bonds. The monoisotopic (exact) mass is 251 g/mol. The number of thiazole rings is 1. The molecule has 0 radical (unpaired) electrons. The number of nitrogens with zero attached hydrogens (tertiary/aromatic N) is 1. The van der Waals surface area contributed by atoms with Gasteiger partial charge in [-0.2, -0.15) is 0 Å². The van der Waals surface area contributed by atoms with E-state index in [-0.39, 0.29) is 5.91 Å². The van der Waals surface area contributed by atoms with E-state index < -0.39 is 0 Å². The normalized spacial score (nSPS) is 10.6. The van der Waals surface area contributed by atoms with E-state index in [0.717, 1.165) is 10.2 Å². The summed E-state index contributed by atoms with van der Waals surface area (Å²) in [6.45, 7) is 1.000. The number of anilines is 1. The highest BCUT2D eigenvalue weighted by Crippen LogP contribution is 2.24. The van der Waals surface area contributed by atoms with Crippen molar-refractivity contribution < 1.29 is 9.53 Å². The van der Waals surface area contributed by atoms with Gasteiger partial charge in [0.05, 0.1) is 16.8 Å². The van der Waals surface area contributed by atoms with E-state index in [1.54, 1.807) is 25.3 Å². The Morgan fingerprint density at radius 1 is 1.59 bits per heavy atom. The number of carbonyl (C=O) groups excluding carboxylic acids is 1. The van der Waals surface area contributed by atoms with Crippen molar-refractivity contribution in [1.29, 1.82) is 0 Å². The summed E-state index contributed by atoms with van der Waals surface area (Å²) in [7, 11) is 1.60. The number of aromatic nitrogens is 1. The van der Waals surface area contributed by atoms with Crippen molar-refractivity contribution in [3.63, 3.8) is 0 Å². The first-order chi connectivity index (χ1) is 8.20. The van der Waals surface area contributed by atoms with Gasteiger partial charge in [-0.1, -0.05) is 11.3 Å². The second-order valence-corrected chi connectivity index (χ2v) is 4.55. The second-order valence-electron chi connectivity index (χ2n) is 3.48. The fourth-order valence-corrected chi connectivity index (χ4v) is 2.23. The van der Waals surface area contributed by atoms with Gasteiger partial charge in [0.25, 0.3) is 5.91 Å². The quantitative estimate of drug-likeness (QED) is 0.802. The predicted octanol–water partition coefficient (Wildman–Crippen LogP) is 1.25.